The number of nitrogens with zero attached hydrogens (tertiary/aromatic N) is 2. The van der Waals surface area contributed by atoms with E-state index in [0.717, 1.165) is 15.1 Å². The number of aryl methyl sites for hydroxylation is 1. The Kier molecular flexibility index (Phi) is 5.27. The van der Waals surface area contributed by atoms with Crippen LogP contribution in [0, 0.1) is 6.92 Å². The second kappa shape index (κ2) is 7.62. The Morgan fingerprint density at radius 3 is 2.83 bits per heavy atom. The van der Waals surface area contributed by atoms with Gasteiger partial charge in [-0.3, -0.25) is 4.79 Å². The summed E-state index contributed by atoms with van der Waals surface area (Å²) in [6.07, 6.45) is -4.79. The van der Waals surface area contributed by atoms with Gasteiger partial charge in [-0.15, -0.1) is 11.3 Å². The van der Waals surface area contributed by atoms with Crippen molar-refractivity contribution >= 4 is 44.7 Å². The molecule has 4 rings (SSSR count). The third-order valence-electron chi connectivity index (χ3n) is 4.80. The Morgan fingerprint density at radius 2 is 2.17 bits per heavy atom. The highest BCUT2D eigenvalue weighted by Crippen LogP contribution is 2.47. The largest absolute Gasteiger partial charge is 0.506 e. The maximum absolute atomic E-state index is 13.8. The van der Waals surface area contributed by atoms with Crippen LogP contribution in [-0.4, -0.2) is 27.0 Å². The molecule has 2 atom stereocenters. The van der Waals surface area contributed by atoms with E-state index in [1.54, 1.807) is 36.6 Å². The van der Waals surface area contributed by atoms with E-state index in [-0.39, 0.29) is 33.8 Å². The van der Waals surface area contributed by atoms with Crippen LogP contribution >= 0.6 is 27.3 Å². The third kappa shape index (κ3) is 3.79. The molecular formula is C19H16BrF3N4O2S. The molecule has 3 aromatic rings. The minimum absolute atomic E-state index is 0.0839. The highest BCUT2D eigenvalue weighted by atomic mass is 79.9. The summed E-state index contributed by atoms with van der Waals surface area (Å²) in [4.78, 5) is 13.5. The second-order valence-corrected chi connectivity index (χ2v) is 8.71. The summed E-state index contributed by atoms with van der Waals surface area (Å²) in [6, 6.07) is 5.74. The lowest BCUT2D eigenvalue weighted by molar-refractivity contribution is -0.173. The molecule has 6 nitrogen and oxygen atoms in total. The van der Waals surface area contributed by atoms with Gasteiger partial charge in [0, 0.05) is 11.3 Å². The minimum Gasteiger partial charge on any atom is -0.506 e. The molecule has 158 valence electrons. The number of hydrogen-bond donors (Lipinski definition) is 3. The van der Waals surface area contributed by atoms with Crippen molar-refractivity contribution in [2.45, 2.75) is 31.6 Å². The number of halogens is 4. The van der Waals surface area contributed by atoms with E-state index in [4.69, 9.17) is 0 Å². The number of aromatic nitrogens is 2. The first-order valence-corrected chi connectivity index (χ1v) is 10.6. The number of nitrogens with one attached hydrogen (secondary N) is 2. The maximum atomic E-state index is 13.8. The fourth-order valence-electron chi connectivity index (χ4n) is 3.34. The first-order valence-electron chi connectivity index (χ1n) is 8.90. The van der Waals surface area contributed by atoms with Crippen molar-refractivity contribution < 1.29 is 23.1 Å². The van der Waals surface area contributed by atoms with Crippen LogP contribution in [0.5, 0.6) is 5.75 Å². The minimum atomic E-state index is -4.54. The summed E-state index contributed by atoms with van der Waals surface area (Å²) >= 11 is 4.59. The molecule has 3 N–H and O–H groups in total. The lowest BCUT2D eigenvalue weighted by Gasteiger charge is -2.33. The normalized spacial score (nSPS) is 18.6. The van der Waals surface area contributed by atoms with E-state index < -0.39 is 24.2 Å². The topological polar surface area (TPSA) is 79.2 Å². The number of alkyl halides is 3. The number of thiophene rings is 1. The smallest absolute Gasteiger partial charge is 0.410 e. The van der Waals surface area contributed by atoms with Gasteiger partial charge in [0.05, 0.1) is 16.2 Å². The fraction of sp³-hybridized carbons (Fsp3) is 0.263. The number of phenols is 1. The lowest BCUT2D eigenvalue weighted by atomic mass is 10.0. The average Bonchev–Trinajstić information content (AvgIpc) is 3.32. The molecule has 0 saturated heterocycles. The Labute approximate surface area is 181 Å². The molecule has 2 aromatic heterocycles. The van der Waals surface area contributed by atoms with E-state index in [1.165, 1.54) is 17.4 Å². The van der Waals surface area contributed by atoms with Gasteiger partial charge in [-0.25, -0.2) is 4.68 Å². The molecule has 11 heteroatoms. The first kappa shape index (κ1) is 20.7. The zero-order chi connectivity index (χ0) is 21.6. The maximum Gasteiger partial charge on any atom is 0.410 e. The van der Waals surface area contributed by atoms with Crippen molar-refractivity contribution in [1.29, 1.82) is 0 Å². The van der Waals surface area contributed by atoms with Crippen LogP contribution < -0.4 is 10.6 Å². The molecule has 1 aliphatic heterocycles. The van der Waals surface area contributed by atoms with Crippen molar-refractivity contribution in [3.63, 3.8) is 0 Å². The van der Waals surface area contributed by atoms with E-state index in [9.17, 15) is 23.1 Å². The number of anilines is 2. The predicted molar refractivity (Wildman–Crippen MR) is 111 cm³/mol. The molecule has 0 saturated carbocycles. The van der Waals surface area contributed by atoms with Crippen molar-refractivity contribution in [2.75, 3.05) is 10.6 Å². The number of phenolic OH excluding ortho intramolecular Hbond substituents is 1. The summed E-state index contributed by atoms with van der Waals surface area (Å²) in [6.45, 7) is 1.78. The monoisotopic (exact) mass is 500 g/mol. The van der Waals surface area contributed by atoms with Crippen molar-refractivity contribution in [2.24, 2.45) is 0 Å². The number of carbonyl (C=O) groups is 1. The molecule has 0 spiro atoms. The van der Waals surface area contributed by atoms with Gasteiger partial charge in [-0.1, -0.05) is 12.1 Å². The summed E-state index contributed by atoms with van der Waals surface area (Å²) in [5, 5.41) is 21.3. The molecule has 30 heavy (non-hydrogen) atoms. The van der Waals surface area contributed by atoms with Gasteiger partial charge in [-0.2, -0.15) is 18.3 Å². The van der Waals surface area contributed by atoms with Gasteiger partial charge < -0.3 is 15.7 Å². The van der Waals surface area contributed by atoms with Crippen molar-refractivity contribution in [3.8, 4) is 5.75 Å². The summed E-state index contributed by atoms with van der Waals surface area (Å²) in [7, 11) is 0. The van der Waals surface area contributed by atoms with Gasteiger partial charge in [0.25, 0.3) is 5.91 Å². The SMILES string of the molecule is Cc1ccc(O)c(NC(=O)c2nn3c(c2Br)N[C@H](c2cccs2)C[C@H]3C(F)(F)F)c1. The van der Waals surface area contributed by atoms with Crippen LogP contribution in [0.2, 0.25) is 0 Å². The predicted octanol–water partition coefficient (Wildman–Crippen LogP) is 5.63. The molecule has 0 fully saturated rings. The highest BCUT2D eigenvalue weighted by Gasteiger charge is 2.48. The summed E-state index contributed by atoms with van der Waals surface area (Å²) in [5.74, 6) is -0.807. The molecule has 3 heterocycles. The van der Waals surface area contributed by atoms with Gasteiger partial charge in [0.15, 0.2) is 11.7 Å². The van der Waals surface area contributed by atoms with E-state index in [0.29, 0.717) is 0 Å². The Morgan fingerprint density at radius 1 is 1.40 bits per heavy atom. The molecule has 0 radical (unpaired) electrons. The molecule has 1 aliphatic rings. The quantitative estimate of drug-likeness (QED) is 0.407. The average molecular weight is 501 g/mol. The van der Waals surface area contributed by atoms with E-state index in [2.05, 4.69) is 31.7 Å². The van der Waals surface area contributed by atoms with Gasteiger partial charge >= 0.3 is 6.18 Å². The van der Waals surface area contributed by atoms with Crippen LogP contribution in [0.3, 0.4) is 0 Å². The highest BCUT2D eigenvalue weighted by molar-refractivity contribution is 9.10. The van der Waals surface area contributed by atoms with Crippen LogP contribution in [0.25, 0.3) is 0 Å². The molecule has 0 aliphatic carbocycles. The Balaban J connectivity index is 1.71. The Hall–Kier alpha value is -2.53. The molecule has 0 unspecified atom stereocenters. The third-order valence-corrected chi connectivity index (χ3v) is 6.53. The number of carbonyl (C=O) groups excluding carboxylic acids is 1. The van der Waals surface area contributed by atoms with Gasteiger partial charge in [0.1, 0.15) is 11.6 Å². The molecule has 1 amide bonds. The lowest BCUT2D eigenvalue weighted by Crippen LogP contribution is -2.35. The van der Waals surface area contributed by atoms with Crippen LogP contribution in [0.1, 0.15) is 39.4 Å². The first-order chi connectivity index (χ1) is 14.1. The van der Waals surface area contributed by atoms with Gasteiger partial charge in [0.2, 0.25) is 0 Å². The zero-order valence-electron chi connectivity index (χ0n) is 15.5. The van der Waals surface area contributed by atoms with Crippen LogP contribution in [0.15, 0.2) is 40.2 Å². The van der Waals surface area contributed by atoms with E-state index >= 15 is 0 Å². The Bertz CT molecular complexity index is 1100. The zero-order valence-corrected chi connectivity index (χ0v) is 17.9. The number of aromatic hydroxyl groups is 1. The van der Waals surface area contributed by atoms with Crippen LogP contribution in [-0.2, 0) is 0 Å². The van der Waals surface area contributed by atoms with Crippen molar-refractivity contribution in [3.05, 3.63) is 56.3 Å². The number of rotatable bonds is 3. The van der Waals surface area contributed by atoms with Crippen LogP contribution in [0.4, 0.5) is 24.7 Å². The summed E-state index contributed by atoms with van der Waals surface area (Å²) < 4.78 is 42.3. The number of amides is 1. The standard InChI is InChI=1S/C19H16BrF3N4O2S/c1-9-4-5-12(28)10(7-9)25-18(29)16-15(20)17-24-11(13-3-2-6-30-13)8-14(19(21,22)23)27(17)26-16/h2-7,11,14,24,28H,8H2,1H3,(H,25,29)/t11-,14-/m0/s1. The molecule has 0 bridgehead atoms. The number of fused-ring (bicyclic) bond motifs is 1. The van der Waals surface area contributed by atoms with Gasteiger partial charge in [-0.05, 0) is 52.0 Å². The number of hydrogen-bond acceptors (Lipinski definition) is 5. The van der Waals surface area contributed by atoms with Crippen molar-refractivity contribution in [1.82, 2.24) is 9.78 Å². The molecule has 1 aromatic carbocycles. The number of benzene rings is 1. The fourth-order valence-corrected chi connectivity index (χ4v) is 4.69. The second-order valence-electron chi connectivity index (χ2n) is 6.94. The summed E-state index contributed by atoms with van der Waals surface area (Å²) in [5.41, 5.74) is 0.734. The molecular weight excluding hydrogens is 485 g/mol. The van der Waals surface area contributed by atoms with E-state index in [1.807, 2.05) is 0 Å².